The first kappa shape index (κ1) is 23.0. The molecule has 2 heterocycles. The van der Waals surface area contributed by atoms with Crippen molar-refractivity contribution in [2.45, 2.75) is 50.7 Å². The second-order valence-electron chi connectivity index (χ2n) is 9.66. The van der Waals surface area contributed by atoms with Crippen molar-refractivity contribution in [3.8, 4) is 0 Å². The summed E-state index contributed by atoms with van der Waals surface area (Å²) < 4.78 is 11.8. The third kappa shape index (κ3) is 4.94. The van der Waals surface area contributed by atoms with E-state index in [1.807, 2.05) is 14.1 Å². The van der Waals surface area contributed by atoms with E-state index in [1.54, 1.807) is 0 Å². The predicted octanol–water partition coefficient (Wildman–Crippen LogP) is 4.51. The number of nitrogens with one attached hydrogen (secondary N) is 2. The molecule has 2 atom stereocenters. The summed E-state index contributed by atoms with van der Waals surface area (Å²) in [6, 6.07) is 17.2. The lowest BCUT2D eigenvalue weighted by Crippen LogP contribution is -2.35. The zero-order valence-electron chi connectivity index (χ0n) is 19.4. The van der Waals surface area contributed by atoms with E-state index in [0.717, 1.165) is 26.3 Å². The van der Waals surface area contributed by atoms with Crippen LogP contribution in [0.25, 0.3) is 0 Å². The fourth-order valence-electron chi connectivity index (χ4n) is 4.45. The molecule has 30 heavy (non-hydrogen) atoms. The van der Waals surface area contributed by atoms with Crippen LogP contribution in [0, 0.1) is 0 Å². The van der Waals surface area contributed by atoms with Gasteiger partial charge in [-0.1, -0.05) is 76.2 Å². The molecule has 0 saturated carbocycles. The van der Waals surface area contributed by atoms with Crippen molar-refractivity contribution in [3.05, 3.63) is 70.8 Å². The molecule has 164 valence electrons. The van der Waals surface area contributed by atoms with Crippen LogP contribution in [0.3, 0.4) is 0 Å². The molecule has 2 aromatic carbocycles. The summed E-state index contributed by atoms with van der Waals surface area (Å²) in [5.74, 6) is 0. The predicted molar refractivity (Wildman–Crippen MR) is 124 cm³/mol. The number of likely N-dealkylation sites (N-methyl/N-ethyl adjacent to an activating group) is 2. The van der Waals surface area contributed by atoms with Gasteiger partial charge in [-0.15, -0.1) is 0 Å². The minimum absolute atomic E-state index is 0.140. The van der Waals surface area contributed by atoms with E-state index in [-0.39, 0.29) is 23.0 Å². The first-order valence-electron chi connectivity index (χ1n) is 11.0. The number of rotatable bonds is 4. The van der Waals surface area contributed by atoms with Gasteiger partial charge in [0.05, 0.1) is 25.4 Å². The van der Waals surface area contributed by atoms with Gasteiger partial charge in [-0.3, -0.25) is 0 Å². The van der Waals surface area contributed by atoms with Crippen molar-refractivity contribution in [3.63, 3.8) is 0 Å². The van der Waals surface area contributed by atoms with Gasteiger partial charge in [0.2, 0.25) is 0 Å². The fourth-order valence-corrected chi connectivity index (χ4v) is 4.45. The quantitative estimate of drug-likeness (QED) is 0.778. The van der Waals surface area contributed by atoms with Crippen LogP contribution in [0.1, 0.15) is 62.2 Å². The summed E-state index contributed by atoms with van der Waals surface area (Å²) in [5.41, 5.74) is 5.81. The Morgan fingerprint density at radius 3 is 1.43 bits per heavy atom. The van der Waals surface area contributed by atoms with Crippen LogP contribution in [-0.2, 0) is 20.3 Å². The molecule has 2 aliphatic heterocycles. The summed E-state index contributed by atoms with van der Waals surface area (Å²) in [5, 5.41) is 6.36. The van der Waals surface area contributed by atoms with E-state index in [9.17, 15) is 0 Å². The van der Waals surface area contributed by atoms with E-state index in [1.165, 1.54) is 22.3 Å². The molecule has 0 radical (unpaired) electrons. The number of hydrogen-bond donors (Lipinski definition) is 2. The van der Waals surface area contributed by atoms with Crippen LogP contribution in [0.5, 0.6) is 0 Å². The standard InChI is InChI=1S/2C13H19NO/c2*1-13(2)9-15-12(8-14-3)10-6-4-5-7-11(10)13/h2*4-7,12,14H,8-9H2,1-3H3/t2*12-/m10/s1. The van der Waals surface area contributed by atoms with Crippen LogP contribution in [0.2, 0.25) is 0 Å². The largest absolute Gasteiger partial charge is 0.371 e. The molecular formula is C26H38N2O2. The third-order valence-corrected chi connectivity index (χ3v) is 6.14. The summed E-state index contributed by atoms with van der Waals surface area (Å²) in [4.78, 5) is 0. The number of fused-ring (bicyclic) bond motifs is 2. The van der Waals surface area contributed by atoms with Crippen LogP contribution in [0.4, 0.5) is 0 Å². The molecule has 2 N–H and O–H groups in total. The van der Waals surface area contributed by atoms with Crippen molar-refractivity contribution in [1.29, 1.82) is 0 Å². The van der Waals surface area contributed by atoms with Crippen molar-refractivity contribution in [2.24, 2.45) is 0 Å². The molecule has 0 fully saturated rings. The minimum atomic E-state index is 0.140. The van der Waals surface area contributed by atoms with Gasteiger partial charge in [-0.05, 0) is 36.3 Å². The molecule has 2 aliphatic rings. The first-order chi connectivity index (χ1) is 14.3. The van der Waals surface area contributed by atoms with Crippen LogP contribution < -0.4 is 10.6 Å². The summed E-state index contributed by atoms with van der Waals surface area (Å²) in [7, 11) is 3.93. The smallest absolute Gasteiger partial charge is 0.0952 e. The average molecular weight is 411 g/mol. The third-order valence-electron chi connectivity index (χ3n) is 6.14. The molecule has 0 bridgehead atoms. The maximum Gasteiger partial charge on any atom is 0.0952 e. The molecule has 0 unspecified atom stereocenters. The summed E-state index contributed by atoms with van der Waals surface area (Å²) in [6.07, 6.45) is 0.415. The van der Waals surface area contributed by atoms with E-state index < -0.39 is 0 Å². The maximum absolute atomic E-state index is 5.90. The van der Waals surface area contributed by atoms with Crippen LogP contribution in [0.15, 0.2) is 48.5 Å². The lowest BCUT2D eigenvalue weighted by molar-refractivity contribution is 0.00833. The van der Waals surface area contributed by atoms with Gasteiger partial charge in [0.1, 0.15) is 0 Å². The molecule has 0 aromatic heterocycles. The highest BCUT2D eigenvalue weighted by atomic mass is 16.5. The Morgan fingerprint density at radius 1 is 0.700 bits per heavy atom. The molecular weight excluding hydrogens is 372 g/mol. The second-order valence-corrected chi connectivity index (χ2v) is 9.66. The van der Waals surface area contributed by atoms with Gasteiger partial charge in [0, 0.05) is 23.9 Å². The van der Waals surface area contributed by atoms with E-state index >= 15 is 0 Å². The number of hydrogen-bond acceptors (Lipinski definition) is 4. The van der Waals surface area contributed by atoms with Crippen LogP contribution in [-0.4, -0.2) is 40.4 Å². The van der Waals surface area contributed by atoms with Gasteiger partial charge in [0.25, 0.3) is 0 Å². The van der Waals surface area contributed by atoms with Crippen molar-refractivity contribution in [2.75, 3.05) is 40.4 Å². The molecule has 0 spiro atoms. The van der Waals surface area contributed by atoms with E-state index in [4.69, 9.17) is 9.47 Å². The van der Waals surface area contributed by atoms with Crippen LogP contribution >= 0.6 is 0 Å². The number of ether oxygens (including phenoxy) is 2. The molecule has 0 amide bonds. The second kappa shape index (κ2) is 9.61. The zero-order chi connectivity index (χ0) is 21.8. The van der Waals surface area contributed by atoms with Crippen molar-refractivity contribution < 1.29 is 9.47 Å². The van der Waals surface area contributed by atoms with Gasteiger partial charge >= 0.3 is 0 Å². The van der Waals surface area contributed by atoms with Crippen molar-refractivity contribution in [1.82, 2.24) is 10.6 Å². The van der Waals surface area contributed by atoms with E-state index in [0.29, 0.717) is 0 Å². The Morgan fingerprint density at radius 2 is 1.07 bits per heavy atom. The lowest BCUT2D eigenvalue weighted by atomic mass is 9.79. The molecule has 4 rings (SSSR count). The van der Waals surface area contributed by atoms with Gasteiger partial charge in [0.15, 0.2) is 0 Å². The SMILES string of the molecule is CNC[C@@H]1OCC(C)(C)c2ccccc21.CNC[C@H]1OCC(C)(C)c2ccccc21. The normalized spacial score (nSPS) is 23.5. The Bertz CT molecular complexity index is 762. The lowest BCUT2D eigenvalue weighted by Gasteiger charge is -2.37. The highest BCUT2D eigenvalue weighted by Gasteiger charge is 2.33. The Kier molecular flexibility index (Phi) is 7.35. The van der Waals surface area contributed by atoms with Gasteiger partial charge in [-0.25, -0.2) is 0 Å². The molecule has 0 aliphatic carbocycles. The van der Waals surface area contributed by atoms with Gasteiger partial charge in [-0.2, -0.15) is 0 Å². The summed E-state index contributed by atoms with van der Waals surface area (Å²) >= 11 is 0. The minimum Gasteiger partial charge on any atom is -0.371 e. The Labute approximate surface area is 182 Å². The molecule has 2 aromatic rings. The highest BCUT2D eigenvalue weighted by molar-refractivity contribution is 5.38. The Hall–Kier alpha value is -1.72. The van der Waals surface area contributed by atoms with E-state index in [2.05, 4.69) is 86.9 Å². The Balaban J connectivity index is 0.000000171. The monoisotopic (exact) mass is 410 g/mol. The average Bonchev–Trinajstić information content (AvgIpc) is 2.73. The van der Waals surface area contributed by atoms with Crippen molar-refractivity contribution >= 4 is 0 Å². The zero-order valence-corrected chi connectivity index (χ0v) is 19.4. The number of benzene rings is 2. The summed E-state index contributed by atoms with van der Waals surface area (Å²) in [6.45, 7) is 12.3. The molecule has 4 heteroatoms. The highest BCUT2D eigenvalue weighted by Crippen LogP contribution is 2.38. The maximum atomic E-state index is 5.90. The molecule has 4 nitrogen and oxygen atoms in total. The molecule has 0 saturated heterocycles. The fraction of sp³-hybridized carbons (Fsp3) is 0.538. The first-order valence-corrected chi connectivity index (χ1v) is 11.0. The topological polar surface area (TPSA) is 42.5 Å². The van der Waals surface area contributed by atoms with Gasteiger partial charge < -0.3 is 20.1 Å².